The molecule has 7 heteroatoms. The number of aromatic hydroxyl groups is 1. The van der Waals surface area contributed by atoms with E-state index in [-0.39, 0.29) is 5.75 Å². The first kappa shape index (κ1) is 12.8. The Balaban J connectivity index is 2.02. The lowest BCUT2D eigenvalue weighted by molar-refractivity contribution is 0.474. The van der Waals surface area contributed by atoms with Gasteiger partial charge in [-0.25, -0.2) is 5.10 Å². The van der Waals surface area contributed by atoms with Gasteiger partial charge in [0.2, 0.25) is 4.77 Å². The van der Waals surface area contributed by atoms with E-state index in [9.17, 15) is 5.11 Å². The van der Waals surface area contributed by atoms with Crippen molar-refractivity contribution in [1.82, 2.24) is 14.9 Å². The molecule has 100 valence electrons. The second kappa shape index (κ2) is 5.40. The van der Waals surface area contributed by atoms with Crippen molar-refractivity contribution in [1.29, 1.82) is 0 Å². The van der Waals surface area contributed by atoms with Crippen molar-refractivity contribution in [2.24, 2.45) is 5.10 Å². The summed E-state index contributed by atoms with van der Waals surface area (Å²) in [5, 5.41) is 22.9. The minimum absolute atomic E-state index is 0.170. The molecule has 0 atom stereocenters. The number of phenolic OH excluding ortho intramolecular Hbond substituents is 1. The van der Waals surface area contributed by atoms with E-state index in [1.165, 1.54) is 4.68 Å². The quantitative estimate of drug-likeness (QED) is 0.576. The molecule has 3 aromatic rings. The summed E-state index contributed by atoms with van der Waals surface area (Å²) < 4.78 is 1.94. The van der Waals surface area contributed by atoms with E-state index < -0.39 is 0 Å². The smallest absolute Gasteiger partial charge is 0.216 e. The van der Waals surface area contributed by atoms with Crippen molar-refractivity contribution in [3.8, 4) is 16.5 Å². The Kier molecular flexibility index (Phi) is 3.44. The number of aromatic nitrogens is 3. The highest BCUT2D eigenvalue weighted by Gasteiger charge is 2.08. The van der Waals surface area contributed by atoms with Gasteiger partial charge in [0, 0.05) is 5.56 Å². The topological polar surface area (TPSA) is 66.2 Å². The van der Waals surface area contributed by atoms with E-state index >= 15 is 0 Å². The molecule has 0 bridgehead atoms. The molecule has 0 spiro atoms. The number of phenols is 1. The van der Waals surface area contributed by atoms with Gasteiger partial charge in [0.25, 0.3) is 0 Å². The van der Waals surface area contributed by atoms with Gasteiger partial charge in [-0.05, 0) is 35.8 Å². The highest BCUT2D eigenvalue weighted by molar-refractivity contribution is 7.71. The number of para-hydroxylation sites is 1. The van der Waals surface area contributed by atoms with Crippen LogP contribution in [0.4, 0.5) is 0 Å². The number of thiophene rings is 1. The molecule has 2 heterocycles. The summed E-state index contributed by atoms with van der Waals surface area (Å²) in [6.07, 6.45) is 1.55. The highest BCUT2D eigenvalue weighted by atomic mass is 32.1. The normalized spacial score (nSPS) is 11.2. The Morgan fingerprint density at radius 2 is 2.15 bits per heavy atom. The van der Waals surface area contributed by atoms with Gasteiger partial charge in [0.15, 0.2) is 5.82 Å². The fourth-order valence-corrected chi connectivity index (χ4v) is 2.56. The number of nitrogens with one attached hydrogen (secondary N) is 1. The third kappa shape index (κ3) is 2.40. The molecular weight excluding hydrogens is 292 g/mol. The predicted molar refractivity (Wildman–Crippen MR) is 81.8 cm³/mol. The lowest BCUT2D eigenvalue weighted by Crippen LogP contribution is -1.94. The molecule has 3 rings (SSSR count). The number of benzene rings is 1. The number of hydrogen-bond acceptors (Lipinski definition) is 5. The zero-order valence-electron chi connectivity index (χ0n) is 10.2. The summed E-state index contributed by atoms with van der Waals surface area (Å²) in [6.45, 7) is 0. The van der Waals surface area contributed by atoms with Crippen molar-refractivity contribution >= 4 is 29.8 Å². The summed E-state index contributed by atoms with van der Waals surface area (Å²) in [7, 11) is 0. The third-order valence-corrected chi connectivity index (χ3v) is 3.77. The van der Waals surface area contributed by atoms with Crippen LogP contribution in [0, 0.1) is 4.77 Å². The molecule has 5 nitrogen and oxygen atoms in total. The van der Waals surface area contributed by atoms with Crippen LogP contribution < -0.4 is 0 Å². The molecule has 2 N–H and O–H groups in total. The summed E-state index contributed by atoms with van der Waals surface area (Å²) in [6, 6.07) is 10.9. The second-order valence-corrected chi connectivity index (χ2v) is 5.28. The maximum absolute atomic E-state index is 9.71. The highest BCUT2D eigenvalue weighted by Crippen LogP contribution is 2.22. The van der Waals surface area contributed by atoms with E-state index in [0.717, 1.165) is 4.88 Å². The number of H-pyrrole nitrogens is 1. The third-order valence-electron chi connectivity index (χ3n) is 2.64. The number of rotatable bonds is 3. The van der Waals surface area contributed by atoms with Crippen LogP contribution in [0.3, 0.4) is 0 Å². The Bertz CT molecular complexity index is 802. The van der Waals surface area contributed by atoms with Gasteiger partial charge in [-0.1, -0.05) is 18.2 Å². The van der Waals surface area contributed by atoms with Gasteiger partial charge in [0.05, 0.1) is 11.1 Å². The van der Waals surface area contributed by atoms with Crippen LogP contribution in [0.5, 0.6) is 5.75 Å². The van der Waals surface area contributed by atoms with E-state index in [0.29, 0.717) is 16.2 Å². The molecule has 1 aromatic carbocycles. The average Bonchev–Trinajstić information content (AvgIpc) is 3.08. The fraction of sp³-hybridized carbons (Fsp3) is 0. The van der Waals surface area contributed by atoms with E-state index in [2.05, 4.69) is 15.3 Å². The van der Waals surface area contributed by atoms with Gasteiger partial charge < -0.3 is 5.11 Å². The monoisotopic (exact) mass is 302 g/mol. The van der Waals surface area contributed by atoms with Crippen LogP contribution in [-0.4, -0.2) is 26.2 Å². The average molecular weight is 302 g/mol. The Labute approximate surface area is 123 Å². The lowest BCUT2D eigenvalue weighted by atomic mass is 10.2. The first-order chi connectivity index (χ1) is 9.75. The molecule has 0 amide bonds. The molecule has 0 saturated heterocycles. The molecule has 0 aliphatic heterocycles. The van der Waals surface area contributed by atoms with E-state index in [4.69, 9.17) is 12.2 Å². The van der Waals surface area contributed by atoms with Crippen molar-refractivity contribution < 1.29 is 5.11 Å². The van der Waals surface area contributed by atoms with Gasteiger partial charge in [0.1, 0.15) is 5.75 Å². The predicted octanol–water partition coefficient (Wildman–Crippen LogP) is 3.26. The molecule has 0 saturated carbocycles. The van der Waals surface area contributed by atoms with Crippen molar-refractivity contribution in [3.63, 3.8) is 0 Å². The standard InChI is InChI=1S/C13H10N4OS2/c18-10-5-2-1-4-9(10)8-14-17-12(15-16-13(17)19)11-6-3-7-20-11/h1-8,18H,(H,16,19)/b14-8-. The molecule has 20 heavy (non-hydrogen) atoms. The van der Waals surface area contributed by atoms with Crippen LogP contribution in [0.1, 0.15) is 5.56 Å². The van der Waals surface area contributed by atoms with Crippen molar-refractivity contribution in [2.45, 2.75) is 0 Å². The molecule has 0 radical (unpaired) electrons. The molecule has 2 aromatic heterocycles. The maximum Gasteiger partial charge on any atom is 0.216 e. The molecular formula is C13H10N4OS2. The minimum atomic E-state index is 0.170. The maximum atomic E-state index is 9.71. The van der Waals surface area contributed by atoms with Gasteiger partial charge in [-0.3, -0.25) is 0 Å². The van der Waals surface area contributed by atoms with Crippen LogP contribution in [-0.2, 0) is 0 Å². The Morgan fingerprint density at radius 3 is 2.90 bits per heavy atom. The van der Waals surface area contributed by atoms with Crippen LogP contribution in [0.2, 0.25) is 0 Å². The van der Waals surface area contributed by atoms with Crippen molar-refractivity contribution in [3.05, 3.63) is 52.1 Å². The minimum Gasteiger partial charge on any atom is -0.507 e. The zero-order chi connectivity index (χ0) is 13.9. The molecule has 0 fully saturated rings. The van der Waals surface area contributed by atoms with Gasteiger partial charge in [-0.15, -0.1) is 11.3 Å². The molecule has 0 unspecified atom stereocenters. The van der Waals surface area contributed by atoms with Crippen LogP contribution in [0.25, 0.3) is 10.7 Å². The van der Waals surface area contributed by atoms with Gasteiger partial charge >= 0.3 is 0 Å². The lowest BCUT2D eigenvalue weighted by Gasteiger charge is -1.99. The SMILES string of the molecule is Oc1ccccc1/C=N\n1c(-c2cccs2)n[nH]c1=S. The van der Waals surface area contributed by atoms with E-state index in [1.54, 1.807) is 35.8 Å². The van der Waals surface area contributed by atoms with Crippen molar-refractivity contribution in [2.75, 3.05) is 0 Å². The van der Waals surface area contributed by atoms with Crippen LogP contribution in [0.15, 0.2) is 46.9 Å². The number of hydrogen-bond donors (Lipinski definition) is 2. The summed E-state index contributed by atoms with van der Waals surface area (Å²) in [4.78, 5) is 0.965. The van der Waals surface area contributed by atoms with E-state index in [1.807, 2.05) is 23.6 Å². The number of aromatic amines is 1. The van der Waals surface area contributed by atoms with Gasteiger partial charge in [-0.2, -0.15) is 14.9 Å². The Hall–Kier alpha value is -2.25. The number of nitrogens with zero attached hydrogens (tertiary/aromatic N) is 3. The molecule has 0 aliphatic carbocycles. The largest absolute Gasteiger partial charge is 0.507 e. The summed E-state index contributed by atoms with van der Waals surface area (Å²) >= 11 is 6.72. The first-order valence-electron chi connectivity index (χ1n) is 5.79. The zero-order valence-corrected chi connectivity index (χ0v) is 11.9. The van der Waals surface area contributed by atoms with Crippen LogP contribution >= 0.6 is 23.6 Å². The molecule has 0 aliphatic rings. The first-order valence-corrected chi connectivity index (χ1v) is 7.08. The second-order valence-electron chi connectivity index (χ2n) is 3.94. The Morgan fingerprint density at radius 1 is 1.30 bits per heavy atom. The summed E-state index contributed by atoms with van der Waals surface area (Å²) in [5.41, 5.74) is 0.618. The fourth-order valence-electron chi connectivity index (χ4n) is 1.68. The summed E-state index contributed by atoms with van der Waals surface area (Å²) in [5.74, 6) is 0.820.